The first kappa shape index (κ1) is 26.5. The van der Waals surface area contributed by atoms with Crippen LogP contribution in [0.4, 0.5) is 5.00 Å². The van der Waals surface area contributed by atoms with Crippen molar-refractivity contribution in [3.63, 3.8) is 0 Å². The number of ether oxygens (including phenoxy) is 2. The van der Waals surface area contributed by atoms with Crippen LogP contribution in [0.3, 0.4) is 0 Å². The summed E-state index contributed by atoms with van der Waals surface area (Å²) in [6, 6.07) is 5.47. The van der Waals surface area contributed by atoms with Crippen molar-refractivity contribution in [2.45, 2.75) is 57.2 Å². The van der Waals surface area contributed by atoms with Crippen molar-refractivity contribution in [3.8, 4) is 5.75 Å². The highest BCUT2D eigenvalue weighted by molar-refractivity contribution is 7.99. The average Bonchev–Trinajstić information content (AvgIpc) is 3.36. The number of nitrogens with zero attached hydrogens (tertiary/aromatic N) is 3. The van der Waals surface area contributed by atoms with E-state index in [9.17, 15) is 9.59 Å². The number of fused-ring (bicyclic) bond motifs is 1. The number of aromatic nitrogens is 3. The standard InChI is InChI=1S/C25H29ClN4O4S2/c1-15-12-16(10-11-18(15)26)34-13-20-28-29-25(30(20)2)35-14-21(31)27-23-22(24(32)33-3)17-8-6-4-5-7-9-19(17)36-23/h10-12H,4-9,13-14H2,1-3H3,(H,27,31). The van der Waals surface area contributed by atoms with E-state index in [1.807, 2.05) is 20.0 Å². The fourth-order valence-corrected chi connectivity index (χ4v) is 6.21. The molecule has 0 atom stereocenters. The number of benzene rings is 1. The van der Waals surface area contributed by atoms with E-state index in [-0.39, 0.29) is 18.3 Å². The summed E-state index contributed by atoms with van der Waals surface area (Å²) in [6.45, 7) is 2.15. The Morgan fingerprint density at radius 3 is 2.72 bits per heavy atom. The van der Waals surface area contributed by atoms with Gasteiger partial charge in [-0.1, -0.05) is 36.2 Å². The fraction of sp³-hybridized carbons (Fsp3) is 0.440. The first-order chi connectivity index (χ1) is 17.4. The van der Waals surface area contributed by atoms with Gasteiger partial charge in [-0.25, -0.2) is 4.79 Å². The smallest absolute Gasteiger partial charge is 0.341 e. The third kappa shape index (κ3) is 6.22. The molecule has 8 nitrogen and oxygen atoms in total. The Kier molecular flexibility index (Phi) is 8.92. The zero-order valence-corrected chi connectivity index (χ0v) is 22.9. The Bertz CT molecular complexity index is 1260. The first-order valence-electron chi connectivity index (χ1n) is 11.8. The monoisotopic (exact) mass is 548 g/mol. The lowest BCUT2D eigenvalue weighted by atomic mass is 9.96. The molecule has 0 radical (unpaired) electrons. The second-order valence-corrected chi connectivity index (χ2v) is 11.1. The van der Waals surface area contributed by atoms with E-state index in [0.29, 0.717) is 32.3 Å². The van der Waals surface area contributed by atoms with Gasteiger partial charge in [0.25, 0.3) is 0 Å². The zero-order chi connectivity index (χ0) is 25.7. The SMILES string of the molecule is COC(=O)c1c(NC(=O)CSc2nnc(COc3ccc(Cl)c(C)c3)n2C)sc2c1CCCCCC2. The fourth-order valence-electron chi connectivity index (χ4n) is 4.07. The van der Waals surface area contributed by atoms with Gasteiger partial charge < -0.3 is 19.4 Å². The van der Waals surface area contributed by atoms with Gasteiger partial charge in [-0.3, -0.25) is 4.79 Å². The number of carbonyl (C=O) groups excluding carboxylic acids is 2. The minimum atomic E-state index is -0.398. The molecule has 1 aromatic carbocycles. The van der Waals surface area contributed by atoms with Gasteiger partial charge >= 0.3 is 5.97 Å². The summed E-state index contributed by atoms with van der Waals surface area (Å²) in [6.07, 6.45) is 6.22. The molecule has 0 unspecified atom stereocenters. The van der Waals surface area contributed by atoms with Crippen molar-refractivity contribution in [3.05, 3.63) is 50.6 Å². The maximum atomic E-state index is 12.8. The van der Waals surface area contributed by atoms with Gasteiger partial charge in [0.15, 0.2) is 11.0 Å². The number of rotatable bonds is 8. The highest BCUT2D eigenvalue weighted by atomic mass is 35.5. The number of carbonyl (C=O) groups is 2. The third-order valence-corrected chi connectivity index (χ3v) is 8.72. The van der Waals surface area contributed by atoms with Crippen LogP contribution in [-0.4, -0.2) is 39.5 Å². The van der Waals surface area contributed by atoms with Gasteiger partial charge in [-0.2, -0.15) is 0 Å². The van der Waals surface area contributed by atoms with Crippen LogP contribution in [0.1, 0.15) is 57.9 Å². The second kappa shape index (κ2) is 12.1. The van der Waals surface area contributed by atoms with E-state index < -0.39 is 5.97 Å². The molecule has 192 valence electrons. The molecule has 1 N–H and O–H groups in total. The topological polar surface area (TPSA) is 95.3 Å². The number of aryl methyl sites for hydroxylation is 2. The predicted molar refractivity (Wildman–Crippen MR) is 142 cm³/mol. The number of methoxy groups -OCH3 is 1. The molecule has 0 fully saturated rings. The Morgan fingerprint density at radius 1 is 1.19 bits per heavy atom. The lowest BCUT2D eigenvalue weighted by Gasteiger charge is -2.11. The molecule has 4 rings (SSSR count). The van der Waals surface area contributed by atoms with Crippen LogP contribution >= 0.6 is 34.7 Å². The molecule has 2 aromatic heterocycles. The van der Waals surface area contributed by atoms with E-state index >= 15 is 0 Å². The molecule has 1 amide bonds. The lowest BCUT2D eigenvalue weighted by molar-refractivity contribution is -0.113. The highest BCUT2D eigenvalue weighted by Crippen LogP contribution is 2.37. The van der Waals surface area contributed by atoms with Crippen LogP contribution in [0.25, 0.3) is 0 Å². The number of hydrogen-bond acceptors (Lipinski definition) is 8. The quantitative estimate of drug-likeness (QED) is 0.289. The van der Waals surface area contributed by atoms with Gasteiger partial charge in [-0.15, -0.1) is 21.5 Å². The van der Waals surface area contributed by atoms with Crippen molar-refractivity contribution in [1.82, 2.24) is 14.8 Å². The van der Waals surface area contributed by atoms with Gasteiger partial charge in [0, 0.05) is 16.9 Å². The second-order valence-electron chi connectivity index (χ2n) is 8.61. The Labute approximate surface area is 223 Å². The van der Waals surface area contributed by atoms with Crippen molar-refractivity contribution in [2.75, 3.05) is 18.2 Å². The van der Waals surface area contributed by atoms with E-state index in [1.165, 1.54) is 41.5 Å². The van der Waals surface area contributed by atoms with Crippen LogP contribution in [0.15, 0.2) is 23.4 Å². The molecule has 0 aliphatic heterocycles. The summed E-state index contributed by atoms with van der Waals surface area (Å²) < 4.78 is 12.7. The molecule has 0 bridgehead atoms. The minimum absolute atomic E-state index is 0.131. The third-order valence-electron chi connectivity index (χ3n) is 6.07. The molecule has 1 aliphatic carbocycles. The van der Waals surface area contributed by atoms with Crippen LogP contribution in [0, 0.1) is 6.92 Å². The number of anilines is 1. The molecule has 0 saturated carbocycles. The number of hydrogen-bond donors (Lipinski definition) is 1. The van der Waals surface area contributed by atoms with Gasteiger partial charge in [0.2, 0.25) is 5.91 Å². The van der Waals surface area contributed by atoms with Crippen molar-refractivity contribution in [1.29, 1.82) is 0 Å². The van der Waals surface area contributed by atoms with Gasteiger partial charge in [0.05, 0.1) is 18.4 Å². The molecule has 0 spiro atoms. The Balaban J connectivity index is 1.38. The molecule has 1 aliphatic rings. The minimum Gasteiger partial charge on any atom is -0.486 e. The van der Waals surface area contributed by atoms with Crippen LogP contribution < -0.4 is 10.1 Å². The summed E-state index contributed by atoms with van der Waals surface area (Å²) in [5.41, 5.74) is 2.47. The van der Waals surface area contributed by atoms with Gasteiger partial charge in [-0.05, 0) is 61.9 Å². The number of amides is 1. The number of thiophene rings is 1. The van der Waals surface area contributed by atoms with Crippen LogP contribution in [0.5, 0.6) is 5.75 Å². The molecular weight excluding hydrogens is 520 g/mol. The number of thioether (sulfide) groups is 1. The Morgan fingerprint density at radius 2 is 1.97 bits per heavy atom. The normalized spacial score (nSPS) is 13.4. The molecule has 0 saturated heterocycles. The summed E-state index contributed by atoms with van der Waals surface area (Å²) in [5, 5.41) is 13.2. The number of halogens is 1. The maximum absolute atomic E-state index is 12.8. The molecular formula is C25H29ClN4O4S2. The van der Waals surface area contributed by atoms with Gasteiger partial charge in [0.1, 0.15) is 17.4 Å². The van der Waals surface area contributed by atoms with E-state index in [2.05, 4.69) is 15.5 Å². The van der Waals surface area contributed by atoms with Crippen molar-refractivity contribution in [2.24, 2.45) is 7.05 Å². The summed E-state index contributed by atoms with van der Waals surface area (Å²) in [5.74, 6) is 0.852. The molecule has 2 heterocycles. The Hall–Kier alpha value is -2.56. The zero-order valence-electron chi connectivity index (χ0n) is 20.6. The molecule has 11 heteroatoms. The largest absolute Gasteiger partial charge is 0.486 e. The summed E-state index contributed by atoms with van der Waals surface area (Å²) >= 11 is 8.84. The van der Waals surface area contributed by atoms with E-state index in [4.69, 9.17) is 21.1 Å². The van der Waals surface area contributed by atoms with Crippen molar-refractivity contribution >= 4 is 51.6 Å². The number of esters is 1. The summed E-state index contributed by atoms with van der Waals surface area (Å²) in [4.78, 5) is 26.5. The predicted octanol–water partition coefficient (Wildman–Crippen LogP) is 5.59. The maximum Gasteiger partial charge on any atom is 0.341 e. The molecule has 3 aromatic rings. The molecule has 36 heavy (non-hydrogen) atoms. The first-order valence-corrected chi connectivity index (χ1v) is 14.0. The van der Waals surface area contributed by atoms with Crippen LogP contribution in [0.2, 0.25) is 5.02 Å². The number of nitrogens with one attached hydrogen (secondary N) is 1. The van der Waals surface area contributed by atoms with Crippen molar-refractivity contribution < 1.29 is 19.1 Å². The van der Waals surface area contributed by atoms with Crippen LogP contribution in [-0.2, 0) is 36.0 Å². The van der Waals surface area contributed by atoms with E-state index in [1.54, 1.807) is 16.7 Å². The van der Waals surface area contributed by atoms with E-state index in [0.717, 1.165) is 43.2 Å². The average molecular weight is 549 g/mol. The highest BCUT2D eigenvalue weighted by Gasteiger charge is 2.26. The summed E-state index contributed by atoms with van der Waals surface area (Å²) in [7, 11) is 3.21. The lowest BCUT2D eigenvalue weighted by Crippen LogP contribution is -2.16.